The van der Waals surface area contributed by atoms with E-state index in [9.17, 15) is 9.59 Å². The molecule has 1 aromatic heterocycles. The summed E-state index contributed by atoms with van der Waals surface area (Å²) in [6.07, 6.45) is 2.44. The average Bonchev–Trinajstić information content (AvgIpc) is 3.11. The Labute approximate surface area is 208 Å². The SMILES string of the molecule is COc1ccc(C(=O)Nc2ccc(N3CCCN(C(=O)c4ccc(Cl)cc4Cl)CC3)nc2)cc1. The van der Waals surface area contributed by atoms with E-state index < -0.39 is 0 Å². The molecule has 0 radical (unpaired) electrons. The van der Waals surface area contributed by atoms with Crippen molar-refractivity contribution in [2.24, 2.45) is 0 Å². The number of benzene rings is 2. The maximum atomic E-state index is 12.9. The zero-order valence-electron chi connectivity index (χ0n) is 18.6. The number of hydrogen-bond donors (Lipinski definition) is 1. The van der Waals surface area contributed by atoms with Crippen molar-refractivity contribution in [2.45, 2.75) is 6.42 Å². The predicted molar refractivity (Wildman–Crippen MR) is 134 cm³/mol. The number of nitrogens with one attached hydrogen (secondary N) is 1. The fourth-order valence-corrected chi connectivity index (χ4v) is 4.26. The molecule has 34 heavy (non-hydrogen) atoms. The van der Waals surface area contributed by atoms with Gasteiger partial charge in [0.05, 0.1) is 29.6 Å². The lowest BCUT2D eigenvalue weighted by Crippen LogP contribution is -2.35. The number of nitrogens with zero attached hydrogens (tertiary/aromatic N) is 3. The Morgan fingerprint density at radius 3 is 2.44 bits per heavy atom. The molecule has 1 aliphatic rings. The van der Waals surface area contributed by atoms with Crippen LogP contribution >= 0.6 is 23.2 Å². The summed E-state index contributed by atoms with van der Waals surface area (Å²) in [6, 6.07) is 15.5. The number of hydrogen-bond acceptors (Lipinski definition) is 5. The van der Waals surface area contributed by atoms with E-state index in [1.165, 1.54) is 0 Å². The number of aromatic nitrogens is 1. The Kier molecular flexibility index (Phi) is 7.55. The molecule has 1 N–H and O–H groups in total. The maximum Gasteiger partial charge on any atom is 0.255 e. The Morgan fingerprint density at radius 1 is 0.971 bits per heavy atom. The summed E-state index contributed by atoms with van der Waals surface area (Å²) >= 11 is 12.2. The third-order valence-corrected chi connectivity index (χ3v) is 6.17. The van der Waals surface area contributed by atoms with Gasteiger partial charge in [0.1, 0.15) is 11.6 Å². The van der Waals surface area contributed by atoms with Crippen molar-refractivity contribution in [3.8, 4) is 5.75 Å². The molecule has 2 amide bonds. The monoisotopic (exact) mass is 498 g/mol. The smallest absolute Gasteiger partial charge is 0.255 e. The minimum absolute atomic E-state index is 0.104. The molecule has 1 fully saturated rings. The molecule has 0 spiro atoms. The summed E-state index contributed by atoms with van der Waals surface area (Å²) in [4.78, 5) is 33.9. The Hall–Kier alpha value is -3.29. The molecule has 0 saturated carbocycles. The highest BCUT2D eigenvalue weighted by molar-refractivity contribution is 6.36. The van der Waals surface area contributed by atoms with Gasteiger partial charge >= 0.3 is 0 Å². The summed E-state index contributed by atoms with van der Waals surface area (Å²) in [6.45, 7) is 2.59. The predicted octanol–water partition coefficient (Wildman–Crippen LogP) is 5.00. The van der Waals surface area contributed by atoms with Crippen LogP contribution in [-0.4, -0.2) is 55.0 Å². The van der Waals surface area contributed by atoms with Crippen molar-refractivity contribution in [3.05, 3.63) is 82.0 Å². The van der Waals surface area contributed by atoms with E-state index in [4.69, 9.17) is 27.9 Å². The van der Waals surface area contributed by atoms with Gasteiger partial charge in [0.15, 0.2) is 0 Å². The lowest BCUT2D eigenvalue weighted by molar-refractivity contribution is 0.0767. The lowest BCUT2D eigenvalue weighted by atomic mass is 10.2. The fraction of sp³-hybridized carbons (Fsp3) is 0.240. The Bertz CT molecular complexity index is 1170. The summed E-state index contributed by atoms with van der Waals surface area (Å²) < 4.78 is 5.12. The molecule has 3 aromatic rings. The van der Waals surface area contributed by atoms with E-state index >= 15 is 0 Å². The highest BCUT2D eigenvalue weighted by Gasteiger charge is 2.22. The van der Waals surface area contributed by atoms with Crippen LogP contribution in [0.2, 0.25) is 10.0 Å². The second-order valence-electron chi connectivity index (χ2n) is 7.84. The molecular weight excluding hydrogens is 475 g/mol. The standard InChI is InChI=1S/C25H24Cl2N4O3/c1-34-20-7-3-17(4-8-20)24(32)29-19-6-10-23(28-16-19)30-11-2-12-31(14-13-30)25(33)21-9-5-18(26)15-22(21)27/h3-10,15-16H,2,11-14H2,1H3,(H,29,32). The second-order valence-corrected chi connectivity index (χ2v) is 8.69. The Morgan fingerprint density at radius 2 is 1.76 bits per heavy atom. The molecule has 0 bridgehead atoms. The van der Waals surface area contributed by atoms with Crippen LogP contribution in [0.5, 0.6) is 5.75 Å². The van der Waals surface area contributed by atoms with E-state index in [1.54, 1.807) is 60.7 Å². The van der Waals surface area contributed by atoms with E-state index in [0.717, 1.165) is 18.8 Å². The number of carbonyl (C=O) groups excluding carboxylic acids is 2. The summed E-state index contributed by atoms with van der Waals surface area (Å²) in [7, 11) is 1.58. The van der Waals surface area contributed by atoms with Crippen LogP contribution in [0.3, 0.4) is 0 Å². The first kappa shape index (κ1) is 23.9. The van der Waals surface area contributed by atoms with Gasteiger partial charge < -0.3 is 19.9 Å². The van der Waals surface area contributed by atoms with Gasteiger partial charge in [0.2, 0.25) is 0 Å². The van der Waals surface area contributed by atoms with Crippen LogP contribution in [0.1, 0.15) is 27.1 Å². The minimum Gasteiger partial charge on any atom is -0.497 e. The molecule has 1 saturated heterocycles. The van der Waals surface area contributed by atoms with E-state index in [-0.39, 0.29) is 11.8 Å². The molecular formula is C25H24Cl2N4O3. The number of halogens is 2. The zero-order chi connectivity index (χ0) is 24.1. The van der Waals surface area contributed by atoms with Crippen LogP contribution in [0.4, 0.5) is 11.5 Å². The topological polar surface area (TPSA) is 74.8 Å². The molecule has 0 atom stereocenters. The average molecular weight is 499 g/mol. The van der Waals surface area contributed by atoms with Gasteiger partial charge in [-0.3, -0.25) is 9.59 Å². The van der Waals surface area contributed by atoms with Crippen LogP contribution in [-0.2, 0) is 0 Å². The quantitative estimate of drug-likeness (QED) is 0.535. The van der Waals surface area contributed by atoms with Gasteiger partial charge in [-0.15, -0.1) is 0 Å². The van der Waals surface area contributed by atoms with Gasteiger partial charge in [-0.1, -0.05) is 23.2 Å². The number of ether oxygens (including phenoxy) is 1. The summed E-state index contributed by atoms with van der Waals surface area (Å²) in [5.41, 5.74) is 1.59. The third kappa shape index (κ3) is 5.61. The molecule has 1 aliphatic heterocycles. The molecule has 2 aromatic carbocycles. The molecule has 2 heterocycles. The van der Waals surface area contributed by atoms with Crippen molar-refractivity contribution < 1.29 is 14.3 Å². The Balaban J connectivity index is 1.36. The fourth-order valence-electron chi connectivity index (χ4n) is 3.78. The van der Waals surface area contributed by atoms with Gasteiger partial charge in [0, 0.05) is 36.8 Å². The molecule has 0 unspecified atom stereocenters. The first-order chi connectivity index (χ1) is 16.4. The first-order valence-corrected chi connectivity index (χ1v) is 11.6. The number of anilines is 2. The van der Waals surface area contributed by atoms with Crippen molar-refractivity contribution in [3.63, 3.8) is 0 Å². The van der Waals surface area contributed by atoms with Gasteiger partial charge in [-0.05, 0) is 61.0 Å². The molecule has 4 rings (SSSR count). The number of methoxy groups -OCH3 is 1. The van der Waals surface area contributed by atoms with Crippen LogP contribution in [0.15, 0.2) is 60.8 Å². The second kappa shape index (κ2) is 10.8. The summed E-state index contributed by atoms with van der Waals surface area (Å²) in [5, 5.41) is 3.70. The van der Waals surface area contributed by atoms with Crippen LogP contribution in [0, 0.1) is 0 Å². The van der Waals surface area contributed by atoms with E-state index in [2.05, 4.69) is 15.2 Å². The van der Waals surface area contributed by atoms with Crippen LogP contribution < -0.4 is 15.0 Å². The largest absolute Gasteiger partial charge is 0.497 e. The molecule has 176 valence electrons. The highest BCUT2D eigenvalue weighted by atomic mass is 35.5. The highest BCUT2D eigenvalue weighted by Crippen LogP contribution is 2.24. The van der Waals surface area contributed by atoms with Crippen molar-refractivity contribution in [1.29, 1.82) is 0 Å². The number of carbonyl (C=O) groups is 2. The van der Waals surface area contributed by atoms with Crippen molar-refractivity contribution in [1.82, 2.24) is 9.88 Å². The first-order valence-electron chi connectivity index (χ1n) is 10.9. The van der Waals surface area contributed by atoms with Gasteiger partial charge in [0.25, 0.3) is 11.8 Å². The lowest BCUT2D eigenvalue weighted by Gasteiger charge is -2.23. The maximum absolute atomic E-state index is 12.9. The van der Waals surface area contributed by atoms with Crippen LogP contribution in [0.25, 0.3) is 0 Å². The number of pyridine rings is 1. The van der Waals surface area contributed by atoms with Crippen molar-refractivity contribution >= 4 is 46.5 Å². The van der Waals surface area contributed by atoms with E-state index in [1.807, 2.05) is 12.1 Å². The number of rotatable bonds is 5. The number of amides is 2. The minimum atomic E-state index is -0.220. The third-order valence-electron chi connectivity index (χ3n) is 5.63. The van der Waals surface area contributed by atoms with E-state index in [0.29, 0.717) is 52.2 Å². The van der Waals surface area contributed by atoms with Gasteiger partial charge in [-0.2, -0.15) is 0 Å². The van der Waals surface area contributed by atoms with Gasteiger partial charge in [-0.25, -0.2) is 4.98 Å². The molecule has 7 nitrogen and oxygen atoms in total. The molecule has 0 aliphatic carbocycles. The summed E-state index contributed by atoms with van der Waals surface area (Å²) in [5.74, 6) is 1.16. The van der Waals surface area contributed by atoms with Crippen molar-refractivity contribution in [2.75, 3.05) is 43.5 Å². The molecule has 9 heteroatoms. The normalized spacial score (nSPS) is 13.9. The zero-order valence-corrected chi connectivity index (χ0v) is 20.1.